The molecule has 2 atom stereocenters. The van der Waals surface area contributed by atoms with Crippen LogP contribution in [-0.2, 0) is 14.3 Å². The molecule has 0 spiro atoms. The number of carbonyl (C=O) groups is 1. The van der Waals surface area contributed by atoms with Crippen LogP contribution in [0.1, 0.15) is 20.3 Å². The van der Waals surface area contributed by atoms with Gasteiger partial charge in [0.2, 0.25) is 0 Å². The first-order valence-corrected chi connectivity index (χ1v) is 5.64. The summed E-state index contributed by atoms with van der Waals surface area (Å²) in [6.45, 7) is 5.65. The number of rotatable bonds is 8. The maximum absolute atomic E-state index is 11.3. The van der Waals surface area contributed by atoms with Gasteiger partial charge in [-0.1, -0.05) is 0 Å². The molecule has 0 saturated carbocycles. The average molecular weight is 232 g/mol. The Labute approximate surface area is 97.9 Å². The summed E-state index contributed by atoms with van der Waals surface area (Å²) in [5, 5.41) is 0. The van der Waals surface area contributed by atoms with Crippen LogP contribution in [0, 0.1) is 0 Å². The second-order valence-electron chi connectivity index (χ2n) is 3.93. The summed E-state index contributed by atoms with van der Waals surface area (Å²) in [4.78, 5) is 13.4. The van der Waals surface area contributed by atoms with Crippen molar-refractivity contribution in [3.8, 4) is 0 Å². The smallest absolute Gasteiger partial charge is 0.322 e. The number of nitrogens with two attached hydrogens (primary N) is 1. The predicted molar refractivity (Wildman–Crippen MR) is 63.2 cm³/mol. The third kappa shape index (κ3) is 6.05. The third-order valence-corrected chi connectivity index (χ3v) is 2.54. The van der Waals surface area contributed by atoms with Crippen LogP contribution in [0.5, 0.6) is 0 Å². The van der Waals surface area contributed by atoms with Gasteiger partial charge in [0.1, 0.15) is 6.04 Å². The Morgan fingerprint density at radius 1 is 1.50 bits per heavy atom. The highest BCUT2D eigenvalue weighted by molar-refractivity contribution is 5.75. The van der Waals surface area contributed by atoms with Gasteiger partial charge < -0.3 is 20.1 Å². The maximum Gasteiger partial charge on any atom is 0.322 e. The first-order valence-electron chi connectivity index (χ1n) is 5.64. The molecule has 0 radical (unpaired) electrons. The summed E-state index contributed by atoms with van der Waals surface area (Å²) in [5.41, 5.74) is 5.69. The topological polar surface area (TPSA) is 64.8 Å². The fourth-order valence-corrected chi connectivity index (χ4v) is 1.30. The number of esters is 1. The van der Waals surface area contributed by atoms with Crippen LogP contribution >= 0.6 is 0 Å². The lowest BCUT2D eigenvalue weighted by atomic mass is 10.2. The zero-order valence-corrected chi connectivity index (χ0v) is 10.7. The number of likely N-dealkylation sites (N-methyl/N-ethyl adjacent to an activating group) is 1. The van der Waals surface area contributed by atoms with Crippen molar-refractivity contribution in [2.24, 2.45) is 5.73 Å². The van der Waals surface area contributed by atoms with Gasteiger partial charge in [-0.25, -0.2) is 0 Å². The van der Waals surface area contributed by atoms with Crippen LogP contribution in [0.4, 0.5) is 0 Å². The Morgan fingerprint density at radius 3 is 2.62 bits per heavy atom. The molecule has 0 aliphatic rings. The van der Waals surface area contributed by atoms with Crippen LogP contribution < -0.4 is 5.73 Å². The molecule has 0 aromatic rings. The fraction of sp³-hybridized carbons (Fsp3) is 0.909. The molecule has 0 saturated heterocycles. The third-order valence-electron chi connectivity index (χ3n) is 2.54. The van der Waals surface area contributed by atoms with E-state index in [1.54, 1.807) is 14.0 Å². The fourth-order valence-electron chi connectivity index (χ4n) is 1.30. The number of methoxy groups -OCH3 is 1. The van der Waals surface area contributed by atoms with E-state index in [1.807, 2.05) is 7.05 Å². The number of carbonyl (C=O) groups excluding carboxylic acids is 1. The normalized spacial score (nSPS) is 14.9. The van der Waals surface area contributed by atoms with Crippen molar-refractivity contribution in [1.29, 1.82) is 0 Å². The molecule has 0 fully saturated rings. The molecule has 0 aromatic carbocycles. The molecular weight excluding hydrogens is 208 g/mol. The average Bonchev–Trinajstić information content (AvgIpc) is 2.25. The Bertz CT molecular complexity index is 200. The van der Waals surface area contributed by atoms with E-state index < -0.39 is 6.04 Å². The second-order valence-corrected chi connectivity index (χ2v) is 3.93. The van der Waals surface area contributed by atoms with E-state index in [1.165, 1.54) is 0 Å². The van der Waals surface area contributed by atoms with Gasteiger partial charge in [-0.15, -0.1) is 0 Å². The van der Waals surface area contributed by atoms with E-state index in [2.05, 4.69) is 11.8 Å². The van der Waals surface area contributed by atoms with Crippen molar-refractivity contribution < 1.29 is 14.3 Å². The van der Waals surface area contributed by atoms with E-state index in [9.17, 15) is 4.79 Å². The zero-order valence-electron chi connectivity index (χ0n) is 10.7. The number of hydrogen-bond acceptors (Lipinski definition) is 5. The van der Waals surface area contributed by atoms with Gasteiger partial charge in [-0.3, -0.25) is 4.79 Å². The lowest BCUT2D eigenvalue weighted by molar-refractivity contribution is -0.144. The summed E-state index contributed by atoms with van der Waals surface area (Å²) < 4.78 is 9.89. The van der Waals surface area contributed by atoms with Crippen molar-refractivity contribution >= 4 is 5.97 Å². The molecule has 2 unspecified atom stereocenters. The second kappa shape index (κ2) is 8.50. The minimum absolute atomic E-state index is 0.319. The quantitative estimate of drug-likeness (QED) is 0.607. The number of nitrogens with zero attached hydrogens (tertiary/aromatic N) is 1. The van der Waals surface area contributed by atoms with Crippen molar-refractivity contribution in [3.63, 3.8) is 0 Å². The zero-order chi connectivity index (χ0) is 12.6. The first kappa shape index (κ1) is 15.3. The van der Waals surface area contributed by atoms with Crippen molar-refractivity contribution in [2.75, 3.05) is 33.9 Å². The number of ether oxygens (including phenoxy) is 2. The highest BCUT2D eigenvalue weighted by atomic mass is 16.5. The lowest BCUT2D eigenvalue weighted by Gasteiger charge is -2.24. The van der Waals surface area contributed by atoms with Crippen molar-refractivity contribution in [1.82, 2.24) is 4.90 Å². The molecule has 0 aromatic heterocycles. The summed E-state index contributed by atoms with van der Waals surface area (Å²) in [5.74, 6) is -0.324. The van der Waals surface area contributed by atoms with Crippen LogP contribution in [-0.4, -0.2) is 56.9 Å². The van der Waals surface area contributed by atoms with Gasteiger partial charge in [0.25, 0.3) is 0 Å². The Hall–Kier alpha value is -0.650. The monoisotopic (exact) mass is 232 g/mol. The van der Waals surface area contributed by atoms with Crippen LogP contribution in [0.2, 0.25) is 0 Å². The van der Waals surface area contributed by atoms with E-state index in [0.29, 0.717) is 25.7 Å². The lowest BCUT2D eigenvalue weighted by Crippen LogP contribution is -2.39. The molecule has 0 aliphatic heterocycles. The van der Waals surface area contributed by atoms with Crippen LogP contribution in [0.25, 0.3) is 0 Å². The summed E-state index contributed by atoms with van der Waals surface area (Å²) in [7, 11) is 3.66. The van der Waals surface area contributed by atoms with Gasteiger partial charge >= 0.3 is 5.97 Å². The Balaban J connectivity index is 3.81. The first-order chi connectivity index (χ1) is 7.52. The minimum atomic E-state index is -0.530. The molecule has 0 bridgehead atoms. The van der Waals surface area contributed by atoms with Gasteiger partial charge in [-0.2, -0.15) is 0 Å². The van der Waals surface area contributed by atoms with E-state index >= 15 is 0 Å². The molecule has 0 rings (SSSR count). The summed E-state index contributed by atoms with van der Waals surface area (Å²) in [6.07, 6.45) is 0.601. The maximum atomic E-state index is 11.3. The van der Waals surface area contributed by atoms with Crippen molar-refractivity contribution in [3.05, 3.63) is 0 Å². The molecule has 0 aliphatic carbocycles. The van der Waals surface area contributed by atoms with Gasteiger partial charge in [0.05, 0.1) is 13.2 Å². The SMILES string of the molecule is CCOC(=O)C(N)CCN(C)C(C)COC. The van der Waals surface area contributed by atoms with Crippen molar-refractivity contribution in [2.45, 2.75) is 32.4 Å². The van der Waals surface area contributed by atoms with E-state index in [0.717, 1.165) is 6.54 Å². The number of hydrogen-bond donors (Lipinski definition) is 1. The highest BCUT2D eigenvalue weighted by Crippen LogP contribution is 2.00. The largest absolute Gasteiger partial charge is 0.465 e. The Morgan fingerprint density at radius 2 is 2.12 bits per heavy atom. The molecule has 5 heteroatoms. The van der Waals surface area contributed by atoms with Gasteiger partial charge in [-0.05, 0) is 27.3 Å². The van der Waals surface area contributed by atoms with Gasteiger partial charge in [0, 0.05) is 19.7 Å². The van der Waals surface area contributed by atoms with E-state index in [4.69, 9.17) is 15.2 Å². The molecule has 0 heterocycles. The molecule has 5 nitrogen and oxygen atoms in total. The summed E-state index contributed by atoms with van der Waals surface area (Å²) in [6, 6.07) is -0.212. The predicted octanol–water partition coefficient (Wildman–Crippen LogP) is 0.234. The van der Waals surface area contributed by atoms with Crippen LogP contribution in [0.15, 0.2) is 0 Å². The van der Waals surface area contributed by atoms with E-state index in [-0.39, 0.29) is 5.97 Å². The molecule has 2 N–H and O–H groups in total. The molecule has 16 heavy (non-hydrogen) atoms. The summed E-state index contributed by atoms with van der Waals surface area (Å²) >= 11 is 0. The minimum Gasteiger partial charge on any atom is -0.465 e. The standard InChI is InChI=1S/C11H24N2O3/c1-5-16-11(14)10(12)6-7-13(3)9(2)8-15-4/h9-10H,5-8,12H2,1-4H3. The molecular formula is C11H24N2O3. The highest BCUT2D eigenvalue weighted by Gasteiger charge is 2.16. The molecule has 0 amide bonds. The van der Waals surface area contributed by atoms with Gasteiger partial charge in [0.15, 0.2) is 0 Å². The Kier molecular flexibility index (Phi) is 8.15. The molecule has 96 valence electrons. The van der Waals surface area contributed by atoms with Crippen LogP contribution in [0.3, 0.4) is 0 Å².